The van der Waals surface area contributed by atoms with Crippen molar-refractivity contribution in [1.82, 2.24) is 5.32 Å². The summed E-state index contributed by atoms with van der Waals surface area (Å²) in [4.78, 5) is 11.8. The van der Waals surface area contributed by atoms with Crippen LogP contribution in [0.25, 0.3) is 0 Å². The molecular weight excluding hydrogens is 277 g/mol. The molecule has 0 radical (unpaired) electrons. The van der Waals surface area contributed by atoms with Crippen molar-refractivity contribution in [1.29, 1.82) is 0 Å². The van der Waals surface area contributed by atoms with Crippen LogP contribution in [0.15, 0.2) is 22.7 Å². The van der Waals surface area contributed by atoms with E-state index < -0.39 is 0 Å². The monoisotopic (exact) mass is 289 g/mol. The third-order valence-corrected chi connectivity index (χ3v) is 3.06. The van der Waals surface area contributed by atoms with Crippen LogP contribution in [0.1, 0.15) is 30.6 Å². The Bertz CT molecular complexity index is 368. The maximum atomic E-state index is 11.8. The summed E-state index contributed by atoms with van der Waals surface area (Å²) < 4.78 is 0.718. The van der Waals surface area contributed by atoms with E-state index in [2.05, 4.69) is 21.2 Å². The summed E-state index contributed by atoms with van der Waals surface area (Å²) in [6.07, 6.45) is 0.914. The van der Waals surface area contributed by atoms with Crippen molar-refractivity contribution in [2.24, 2.45) is 0 Å². The first-order valence-electron chi connectivity index (χ1n) is 4.80. The molecule has 0 aliphatic rings. The van der Waals surface area contributed by atoms with Gasteiger partial charge in [0, 0.05) is 15.5 Å². The molecule has 0 aliphatic heterocycles. The molecule has 1 rings (SSSR count). The summed E-state index contributed by atoms with van der Waals surface area (Å²) in [5.74, 6) is -0.0760. The molecule has 0 aliphatic carbocycles. The van der Waals surface area contributed by atoms with E-state index in [0.717, 1.165) is 10.9 Å². The molecule has 0 spiro atoms. The number of nitrogens with one attached hydrogen (secondary N) is 1. The summed E-state index contributed by atoms with van der Waals surface area (Å²) in [7, 11) is 0. The van der Waals surface area contributed by atoms with Gasteiger partial charge in [-0.15, -0.1) is 0 Å². The maximum absolute atomic E-state index is 11.8. The van der Waals surface area contributed by atoms with Gasteiger partial charge in [0.05, 0.1) is 5.56 Å². The lowest BCUT2D eigenvalue weighted by molar-refractivity contribution is 0.0938. The highest BCUT2D eigenvalue weighted by Gasteiger charge is 2.11. The largest absolute Gasteiger partial charge is 0.350 e. The van der Waals surface area contributed by atoms with E-state index in [1.165, 1.54) is 0 Å². The fourth-order valence-electron chi connectivity index (χ4n) is 1.08. The second-order valence-corrected chi connectivity index (χ2v) is 4.70. The Morgan fingerprint density at radius 3 is 2.80 bits per heavy atom. The van der Waals surface area contributed by atoms with Gasteiger partial charge in [0.2, 0.25) is 0 Å². The van der Waals surface area contributed by atoms with Crippen molar-refractivity contribution >= 4 is 33.4 Å². The zero-order valence-electron chi connectivity index (χ0n) is 8.68. The predicted octanol–water partition coefficient (Wildman–Crippen LogP) is 3.63. The highest BCUT2D eigenvalue weighted by atomic mass is 79.9. The first kappa shape index (κ1) is 12.5. The molecule has 1 aromatic rings. The van der Waals surface area contributed by atoms with Gasteiger partial charge in [-0.25, -0.2) is 0 Å². The molecule has 1 amide bonds. The summed E-state index contributed by atoms with van der Waals surface area (Å²) in [6.45, 7) is 4.00. The normalized spacial score (nSPS) is 12.3. The lowest BCUT2D eigenvalue weighted by Crippen LogP contribution is -2.32. The molecule has 0 aromatic heterocycles. The van der Waals surface area contributed by atoms with Gasteiger partial charge in [0.25, 0.3) is 5.91 Å². The number of carbonyl (C=O) groups is 1. The van der Waals surface area contributed by atoms with Crippen LogP contribution in [0.3, 0.4) is 0 Å². The van der Waals surface area contributed by atoms with Crippen LogP contribution >= 0.6 is 27.5 Å². The van der Waals surface area contributed by atoms with Gasteiger partial charge < -0.3 is 5.32 Å². The van der Waals surface area contributed by atoms with Crippen molar-refractivity contribution in [3.8, 4) is 0 Å². The van der Waals surface area contributed by atoms with E-state index in [0.29, 0.717) is 10.6 Å². The molecule has 4 heteroatoms. The second kappa shape index (κ2) is 5.52. The minimum atomic E-state index is -0.0760. The molecular formula is C11H13BrClNO. The number of rotatable bonds is 3. The molecule has 15 heavy (non-hydrogen) atoms. The third kappa shape index (κ3) is 3.50. The second-order valence-electron chi connectivity index (χ2n) is 3.41. The average molecular weight is 291 g/mol. The number of hydrogen-bond acceptors (Lipinski definition) is 1. The highest BCUT2D eigenvalue weighted by molar-refractivity contribution is 9.10. The zero-order valence-corrected chi connectivity index (χ0v) is 11.0. The molecule has 2 nitrogen and oxygen atoms in total. The number of hydrogen-bond donors (Lipinski definition) is 1. The van der Waals surface area contributed by atoms with Crippen molar-refractivity contribution in [3.05, 3.63) is 33.3 Å². The first-order valence-corrected chi connectivity index (χ1v) is 5.97. The predicted molar refractivity (Wildman–Crippen MR) is 66.4 cm³/mol. The van der Waals surface area contributed by atoms with Crippen LogP contribution in [-0.2, 0) is 0 Å². The third-order valence-electron chi connectivity index (χ3n) is 2.17. The van der Waals surface area contributed by atoms with Gasteiger partial charge in [-0.2, -0.15) is 0 Å². The lowest BCUT2D eigenvalue weighted by atomic mass is 10.2. The maximum Gasteiger partial charge on any atom is 0.252 e. The molecule has 0 bridgehead atoms. The van der Waals surface area contributed by atoms with Gasteiger partial charge in [-0.3, -0.25) is 4.79 Å². The summed E-state index contributed by atoms with van der Waals surface area (Å²) >= 11 is 9.11. The van der Waals surface area contributed by atoms with E-state index in [1.54, 1.807) is 18.2 Å². The lowest BCUT2D eigenvalue weighted by Gasteiger charge is -2.12. The van der Waals surface area contributed by atoms with Gasteiger partial charge in [-0.1, -0.05) is 18.5 Å². The molecule has 1 N–H and O–H groups in total. The van der Waals surface area contributed by atoms with Crippen molar-refractivity contribution in [2.45, 2.75) is 26.3 Å². The Labute approximate surface area is 103 Å². The highest BCUT2D eigenvalue weighted by Crippen LogP contribution is 2.21. The van der Waals surface area contributed by atoms with Crippen LogP contribution in [0.2, 0.25) is 5.02 Å². The first-order chi connectivity index (χ1) is 7.04. The number of benzene rings is 1. The van der Waals surface area contributed by atoms with Crippen LogP contribution in [-0.4, -0.2) is 11.9 Å². The molecule has 82 valence electrons. The van der Waals surface area contributed by atoms with Gasteiger partial charge in [0.1, 0.15) is 0 Å². The van der Waals surface area contributed by atoms with Crippen molar-refractivity contribution < 1.29 is 4.79 Å². The smallest absolute Gasteiger partial charge is 0.252 e. The van der Waals surface area contributed by atoms with E-state index >= 15 is 0 Å². The minimum Gasteiger partial charge on any atom is -0.350 e. The number of amides is 1. The van der Waals surface area contributed by atoms with E-state index in [4.69, 9.17) is 11.6 Å². The van der Waals surface area contributed by atoms with Crippen molar-refractivity contribution in [2.75, 3.05) is 0 Å². The fourth-order valence-corrected chi connectivity index (χ4v) is 1.94. The molecule has 1 atom stereocenters. The Balaban J connectivity index is 2.82. The molecule has 1 aromatic carbocycles. The summed E-state index contributed by atoms with van der Waals surface area (Å²) in [6, 6.07) is 5.31. The van der Waals surface area contributed by atoms with Gasteiger partial charge in [-0.05, 0) is 47.5 Å². The van der Waals surface area contributed by atoms with Crippen molar-refractivity contribution in [3.63, 3.8) is 0 Å². The molecule has 0 saturated carbocycles. The van der Waals surface area contributed by atoms with E-state index in [1.807, 2.05) is 13.8 Å². The average Bonchev–Trinajstić information content (AvgIpc) is 2.17. The summed E-state index contributed by atoms with van der Waals surface area (Å²) in [5, 5.41) is 3.51. The minimum absolute atomic E-state index is 0.0760. The number of carbonyl (C=O) groups excluding carboxylic acids is 1. The van der Waals surface area contributed by atoms with Crippen LogP contribution in [0.4, 0.5) is 0 Å². The number of halogens is 2. The molecule has 0 saturated heterocycles. The van der Waals surface area contributed by atoms with E-state index in [-0.39, 0.29) is 11.9 Å². The topological polar surface area (TPSA) is 29.1 Å². The van der Waals surface area contributed by atoms with E-state index in [9.17, 15) is 4.79 Å². The summed E-state index contributed by atoms with van der Waals surface area (Å²) in [5.41, 5.74) is 0.611. The van der Waals surface area contributed by atoms with Gasteiger partial charge in [0.15, 0.2) is 0 Å². The fraction of sp³-hybridized carbons (Fsp3) is 0.364. The molecule has 0 fully saturated rings. The Morgan fingerprint density at radius 2 is 2.27 bits per heavy atom. The Morgan fingerprint density at radius 1 is 1.60 bits per heavy atom. The SMILES string of the molecule is CCC(C)NC(=O)c1ccc(Cl)cc1Br. The molecule has 1 unspecified atom stereocenters. The standard InChI is InChI=1S/C11H13BrClNO/c1-3-7(2)14-11(15)9-5-4-8(13)6-10(9)12/h4-7H,3H2,1-2H3,(H,14,15). The van der Waals surface area contributed by atoms with Crippen LogP contribution in [0.5, 0.6) is 0 Å². The van der Waals surface area contributed by atoms with Crippen LogP contribution < -0.4 is 5.32 Å². The van der Waals surface area contributed by atoms with Gasteiger partial charge >= 0.3 is 0 Å². The Kier molecular flexibility index (Phi) is 4.61. The quantitative estimate of drug-likeness (QED) is 0.905. The Hall–Kier alpha value is -0.540. The molecule has 0 heterocycles. The van der Waals surface area contributed by atoms with Crippen LogP contribution in [0, 0.1) is 0 Å². The zero-order chi connectivity index (χ0) is 11.4.